The molecule has 3 N–H and O–H groups in total. The van der Waals surface area contributed by atoms with Crippen LogP contribution in [0.5, 0.6) is 0 Å². The Morgan fingerprint density at radius 2 is 1.77 bits per heavy atom. The molecule has 1 rings (SSSR count). The second-order valence-corrected chi connectivity index (χ2v) is 5.91. The zero-order chi connectivity index (χ0) is 16.2. The lowest BCUT2D eigenvalue weighted by molar-refractivity contribution is -0.208. The van der Waals surface area contributed by atoms with Crippen LogP contribution in [-0.4, -0.2) is 59.6 Å². The summed E-state index contributed by atoms with van der Waals surface area (Å²) in [5.41, 5.74) is 0. The van der Waals surface area contributed by atoms with E-state index < -0.39 is 24.4 Å². The van der Waals surface area contributed by atoms with Crippen molar-refractivity contribution in [2.24, 2.45) is 0 Å². The molecular weight excluding hydrogens is 284 g/mol. The molecule has 0 aromatic carbocycles. The van der Waals surface area contributed by atoms with E-state index in [1.807, 2.05) is 0 Å². The van der Waals surface area contributed by atoms with Gasteiger partial charge >= 0.3 is 0 Å². The van der Waals surface area contributed by atoms with E-state index in [-0.39, 0.29) is 13.2 Å². The van der Waals surface area contributed by atoms with Gasteiger partial charge in [-0.2, -0.15) is 0 Å². The summed E-state index contributed by atoms with van der Waals surface area (Å²) < 4.78 is 10.8. The van der Waals surface area contributed by atoms with Crippen LogP contribution in [0.15, 0.2) is 12.2 Å². The minimum absolute atomic E-state index is 0.205. The Hall–Kier alpha value is -0.460. The Balaban J connectivity index is 2.04. The smallest absolute Gasteiger partial charge is 0.111 e. The van der Waals surface area contributed by atoms with Gasteiger partial charge in [0.05, 0.1) is 13.2 Å². The van der Waals surface area contributed by atoms with Crippen LogP contribution in [0.25, 0.3) is 0 Å². The molecule has 1 heterocycles. The summed E-state index contributed by atoms with van der Waals surface area (Å²) in [4.78, 5) is 0. The third-order valence-corrected chi connectivity index (χ3v) is 4.00. The summed E-state index contributed by atoms with van der Waals surface area (Å²) in [5.74, 6) is 0. The molecule has 0 amide bonds. The molecular formula is C17H32O5. The van der Waals surface area contributed by atoms with Crippen LogP contribution in [-0.2, 0) is 9.47 Å². The van der Waals surface area contributed by atoms with Gasteiger partial charge in [-0.25, -0.2) is 0 Å². The summed E-state index contributed by atoms with van der Waals surface area (Å²) in [6.07, 6.45) is 9.22. The van der Waals surface area contributed by atoms with Gasteiger partial charge in [0, 0.05) is 6.61 Å². The molecule has 0 aliphatic carbocycles. The molecule has 1 aliphatic rings. The van der Waals surface area contributed by atoms with Crippen molar-refractivity contribution in [3.63, 3.8) is 0 Å². The molecule has 5 nitrogen and oxygen atoms in total. The molecule has 22 heavy (non-hydrogen) atoms. The molecule has 1 aliphatic heterocycles. The van der Waals surface area contributed by atoms with Crippen LogP contribution in [0.1, 0.15) is 51.9 Å². The van der Waals surface area contributed by atoms with Crippen LogP contribution >= 0.6 is 0 Å². The highest BCUT2D eigenvalue weighted by Crippen LogP contribution is 2.18. The lowest BCUT2D eigenvalue weighted by Crippen LogP contribution is -2.55. The molecule has 1 saturated heterocycles. The fourth-order valence-corrected chi connectivity index (χ4v) is 2.52. The number of aliphatic hydroxyl groups excluding tert-OH is 3. The van der Waals surface area contributed by atoms with Gasteiger partial charge in [0.2, 0.25) is 0 Å². The van der Waals surface area contributed by atoms with Crippen molar-refractivity contribution >= 4 is 0 Å². The standard InChI is InChI=1S/C17H32O5/c1-2-3-4-5-6-7-8-9-10-11-21-15-13-22-14(12-18)16(19)17(15)20/h7-8,14-20H,2-6,9-13H2,1H3/b8-7+/t14-,15+,16-,17-/m1/s1. The Morgan fingerprint density at radius 3 is 2.45 bits per heavy atom. The predicted molar refractivity (Wildman–Crippen MR) is 85.7 cm³/mol. The summed E-state index contributed by atoms with van der Waals surface area (Å²) in [7, 11) is 0. The minimum atomic E-state index is -1.09. The first-order chi connectivity index (χ1) is 10.7. The Labute approximate surface area is 133 Å². The first-order valence-corrected chi connectivity index (χ1v) is 8.55. The topological polar surface area (TPSA) is 79.2 Å². The lowest BCUT2D eigenvalue weighted by Gasteiger charge is -2.36. The second kappa shape index (κ2) is 12.0. The van der Waals surface area contributed by atoms with Gasteiger partial charge in [0.1, 0.15) is 24.4 Å². The molecule has 0 aromatic rings. The van der Waals surface area contributed by atoms with Gasteiger partial charge in [-0.15, -0.1) is 0 Å². The number of rotatable bonds is 11. The van der Waals surface area contributed by atoms with Gasteiger partial charge in [-0.05, 0) is 25.7 Å². The molecule has 5 heteroatoms. The SMILES string of the molecule is CCCCCC/C=C/CCCO[C@H]1CO[C@H](CO)[C@@H](O)[C@@H]1O. The molecule has 0 aromatic heterocycles. The highest BCUT2D eigenvalue weighted by atomic mass is 16.6. The quantitative estimate of drug-likeness (QED) is 0.400. The van der Waals surface area contributed by atoms with E-state index >= 15 is 0 Å². The van der Waals surface area contributed by atoms with E-state index in [0.717, 1.165) is 19.3 Å². The monoisotopic (exact) mass is 316 g/mol. The summed E-state index contributed by atoms with van der Waals surface area (Å²) in [6, 6.07) is 0. The third-order valence-electron chi connectivity index (χ3n) is 4.00. The molecule has 4 atom stereocenters. The zero-order valence-electron chi connectivity index (χ0n) is 13.7. The molecule has 0 unspecified atom stereocenters. The van der Waals surface area contributed by atoms with Crippen molar-refractivity contribution in [3.8, 4) is 0 Å². The van der Waals surface area contributed by atoms with Crippen LogP contribution in [0.3, 0.4) is 0 Å². The van der Waals surface area contributed by atoms with E-state index in [9.17, 15) is 10.2 Å². The Morgan fingerprint density at radius 1 is 1.05 bits per heavy atom. The van der Waals surface area contributed by atoms with Crippen molar-refractivity contribution in [2.45, 2.75) is 76.3 Å². The Kier molecular flexibility index (Phi) is 10.7. The van der Waals surface area contributed by atoms with Gasteiger partial charge in [-0.1, -0.05) is 38.3 Å². The highest BCUT2D eigenvalue weighted by Gasteiger charge is 2.38. The number of aliphatic hydroxyl groups is 3. The zero-order valence-corrected chi connectivity index (χ0v) is 13.7. The lowest BCUT2D eigenvalue weighted by atomic mass is 10.0. The van der Waals surface area contributed by atoms with Crippen LogP contribution in [0.4, 0.5) is 0 Å². The van der Waals surface area contributed by atoms with Crippen molar-refractivity contribution in [1.82, 2.24) is 0 Å². The van der Waals surface area contributed by atoms with Gasteiger partial charge < -0.3 is 24.8 Å². The van der Waals surface area contributed by atoms with Crippen LogP contribution < -0.4 is 0 Å². The van der Waals surface area contributed by atoms with Gasteiger partial charge in [0.25, 0.3) is 0 Å². The summed E-state index contributed by atoms with van der Waals surface area (Å²) in [5, 5.41) is 28.6. The van der Waals surface area contributed by atoms with Crippen molar-refractivity contribution in [3.05, 3.63) is 12.2 Å². The van der Waals surface area contributed by atoms with E-state index in [2.05, 4.69) is 19.1 Å². The van der Waals surface area contributed by atoms with Crippen LogP contribution in [0, 0.1) is 0 Å². The number of allylic oxidation sites excluding steroid dienone is 2. The van der Waals surface area contributed by atoms with Gasteiger partial charge in [-0.3, -0.25) is 0 Å². The number of unbranched alkanes of at least 4 members (excludes halogenated alkanes) is 5. The summed E-state index contributed by atoms with van der Waals surface area (Å²) in [6.45, 7) is 2.65. The largest absolute Gasteiger partial charge is 0.394 e. The number of ether oxygens (including phenoxy) is 2. The highest BCUT2D eigenvalue weighted by molar-refractivity contribution is 4.87. The normalized spacial score (nSPS) is 29.3. The van der Waals surface area contributed by atoms with Crippen molar-refractivity contribution in [1.29, 1.82) is 0 Å². The third kappa shape index (κ3) is 7.20. The maximum atomic E-state index is 9.90. The summed E-state index contributed by atoms with van der Waals surface area (Å²) >= 11 is 0. The molecule has 0 bridgehead atoms. The van der Waals surface area contributed by atoms with E-state index in [4.69, 9.17) is 14.6 Å². The molecule has 0 radical (unpaired) electrons. The minimum Gasteiger partial charge on any atom is -0.394 e. The molecule has 130 valence electrons. The van der Waals surface area contributed by atoms with E-state index in [1.54, 1.807) is 0 Å². The van der Waals surface area contributed by atoms with Crippen LogP contribution in [0.2, 0.25) is 0 Å². The first-order valence-electron chi connectivity index (χ1n) is 8.55. The fraction of sp³-hybridized carbons (Fsp3) is 0.882. The van der Waals surface area contributed by atoms with Crippen molar-refractivity contribution < 1.29 is 24.8 Å². The average Bonchev–Trinajstić information content (AvgIpc) is 2.53. The second-order valence-electron chi connectivity index (χ2n) is 5.91. The first kappa shape index (κ1) is 19.6. The molecule has 0 spiro atoms. The number of hydrogen-bond donors (Lipinski definition) is 3. The predicted octanol–water partition coefficient (Wildman–Crippen LogP) is 1.79. The van der Waals surface area contributed by atoms with Gasteiger partial charge in [0.15, 0.2) is 0 Å². The maximum Gasteiger partial charge on any atom is 0.111 e. The molecule has 1 fully saturated rings. The number of hydrogen-bond acceptors (Lipinski definition) is 5. The maximum absolute atomic E-state index is 9.90. The fourth-order valence-electron chi connectivity index (χ4n) is 2.52. The van der Waals surface area contributed by atoms with Crippen molar-refractivity contribution in [2.75, 3.05) is 19.8 Å². The van der Waals surface area contributed by atoms with E-state index in [1.165, 1.54) is 25.7 Å². The van der Waals surface area contributed by atoms with E-state index in [0.29, 0.717) is 6.61 Å². The molecule has 0 saturated carbocycles. The average molecular weight is 316 g/mol. The Bertz CT molecular complexity index is 295.